The van der Waals surface area contributed by atoms with Crippen LogP contribution in [-0.4, -0.2) is 37.9 Å². The maximum absolute atomic E-state index is 11.9. The SMILES string of the molecule is O=S1(=O)N(C(Cl)(Cl)Cl)C=NCN1C(Cl)(Cl)Cl. The minimum Gasteiger partial charge on any atom is -0.258 e. The van der Waals surface area contributed by atoms with Gasteiger partial charge >= 0.3 is 10.2 Å². The number of alkyl halides is 6. The summed E-state index contributed by atoms with van der Waals surface area (Å²) in [5.74, 6) is 0. The number of rotatable bonds is 0. The fourth-order valence-corrected chi connectivity index (χ4v) is 3.83. The molecule has 0 saturated heterocycles. The quantitative estimate of drug-likeness (QED) is 0.486. The van der Waals surface area contributed by atoms with Crippen molar-refractivity contribution in [2.24, 2.45) is 4.99 Å². The molecule has 0 fully saturated rings. The van der Waals surface area contributed by atoms with E-state index in [-0.39, 0.29) is 6.67 Å². The minimum atomic E-state index is -4.25. The Balaban J connectivity index is 3.22. The molecular weight excluding hydrogens is 367 g/mol. The molecule has 0 saturated carbocycles. The molecule has 12 heteroatoms. The lowest BCUT2D eigenvalue weighted by atomic mass is 11.0. The van der Waals surface area contributed by atoms with E-state index in [1.54, 1.807) is 0 Å². The standard InChI is InChI=1S/C4H3Cl6N3O2S/c5-3(6,7)12-1-11-2-13(4(8,9)10)16(12,14)15/h1H,2H2. The Labute approximate surface area is 122 Å². The van der Waals surface area contributed by atoms with Crippen LogP contribution in [0.2, 0.25) is 0 Å². The first-order valence-electron chi connectivity index (χ1n) is 3.43. The fourth-order valence-electron chi connectivity index (χ4n) is 0.831. The van der Waals surface area contributed by atoms with E-state index >= 15 is 0 Å². The average molecular weight is 370 g/mol. The third-order valence-electron chi connectivity index (χ3n) is 1.46. The van der Waals surface area contributed by atoms with E-state index in [1.807, 2.05) is 0 Å². The average Bonchev–Trinajstić information content (AvgIpc) is 1.97. The van der Waals surface area contributed by atoms with Gasteiger partial charge in [0.25, 0.3) is 7.83 Å². The van der Waals surface area contributed by atoms with Crippen molar-refractivity contribution in [3.05, 3.63) is 0 Å². The number of hydrogen-bond acceptors (Lipinski definition) is 3. The summed E-state index contributed by atoms with van der Waals surface area (Å²) in [7, 11) is -4.25. The van der Waals surface area contributed by atoms with Crippen LogP contribution >= 0.6 is 69.6 Å². The van der Waals surface area contributed by atoms with Gasteiger partial charge in [-0.25, -0.2) is 0 Å². The number of nitrogens with zero attached hydrogens (tertiary/aromatic N) is 3. The number of halogens is 6. The zero-order valence-corrected chi connectivity index (χ0v) is 12.5. The van der Waals surface area contributed by atoms with E-state index in [2.05, 4.69) is 4.99 Å². The van der Waals surface area contributed by atoms with Crippen LogP contribution in [0.4, 0.5) is 0 Å². The fraction of sp³-hybridized carbons (Fsp3) is 0.750. The molecule has 16 heavy (non-hydrogen) atoms. The highest BCUT2D eigenvalue weighted by Crippen LogP contribution is 2.40. The van der Waals surface area contributed by atoms with Crippen LogP contribution in [0.3, 0.4) is 0 Å². The second-order valence-corrected chi connectivity index (χ2v) is 8.70. The van der Waals surface area contributed by atoms with Crippen molar-refractivity contribution in [1.82, 2.24) is 8.61 Å². The largest absolute Gasteiger partial charge is 0.313 e. The van der Waals surface area contributed by atoms with Gasteiger partial charge in [0.15, 0.2) is 0 Å². The summed E-state index contributed by atoms with van der Waals surface area (Å²) < 4.78 is 20.1. The first-order chi connectivity index (χ1) is 6.97. The maximum atomic E-state index is 11.9. The molecule has 0 aromatic rings. The van der Waals surface area contributed by atoms with E-state index < -0.39 is 18.0 Å². The second-order valence-electron chi connectivity index (χ2n) is 2.53. The highest BCUT2D eigenvalue weighted by Gasteiger charge is 2.49. The van der Waals surface area contributed by atoms with Crippen LogP contribution in [0.15, 0.2) is 4.99 Å². The highest BCUT2D eigenvalue weighted by atomic mass is 35.6. The lowest BCUT2D eigenvalue weighted by molar-refractivity contribution is 0.377. The Morgan fingerprint density at radius 1 is 1.06 bits per heavy atom. The molecule has 94 valence electrons. The lowest BCUT2D eigenvalue weighted by Gasteiger charge is -2.37. The van der Waals surface area contributed by atoms with Gasteiger partial charge in [0.05, 0.1) is 0 Å². The monoisotopic (exact) mass is 367 g/mol. The smallest absolute Gasteiger partial charge is 0.258 e. The first kappa shape index (κ1) is 15.2. The van der Waals surface area contributed by atoms with Crippen molar-refractivity contribution in [2.45, 2.75) is 7.83 Å². The summed E-state index contributed by atoms with van der Waals surface area (Å²) in [6.07, 6.45) is 0.842. The third-order valence-corrected chi connectivity index (χ3v) is 5.03. The second kappa shape index (κ2) is 4.66. The van der Waals surface area contributed by atoms with E-state index in [1.165, 1.54) is 0 Å². The van der Waals surface area contributed by atoms with Crippen LogP contribution in [0.1, 0.15) is 0 Å². The molecule has 0 N–H and O–H groups in total. The van der Waals surface area contributed by atoms with Crippen molar-refractivity contribution in [3.63, 3.8) is 0 Å². The zero-order chi connectivity index (χ0) is 12.8. The molecule has 0 unspecified atom stereocenters. The Morgan fingerprint density at radius 2 is 1.56 bits per heavy atom. The van der Waals surface area contributed by atoms with Crippen molar-refractivity contribution < 1.29 is 8.42 Å². The van der Waals surface area contributed by atoms with E-state index in [0.717, 1.165) is 6.34 Å². The molecule has 1 aliphatic heterocycles. The van der Waals surface area contributed by atoms with Gasteiger partial charge < -0.3 is 0 Å². The van der Waals surface area contributed by atoms with E-state index in [4.69, 9.17) is 69.6 Å². The van der Waals surface area contributed by atoms with E-state index in [9.17, 15) is 8.42 Å². The van der Waals surface area contributed by atoms with Crippen molar-refractivity contribution >= 4 is 86.2 Å². The molecule has 0 amide bonds. The summed E-state index contributed by atoms with van der Waals surface area (Å²) in [5.41, 5.74) is 0. The molecule has 0 spiro atoms. The minimum absolute atomic E-state index is 0.357. The van der Waals surface area contributed by atoms with Gasteiger partial charge in [-0.15, -0.1) is 4.31 Å². The van der Waals surface area contributed by atoms with Gasteiger partial charge in [-0.05, 0) is 0 Å². The maximum Gasteiger partial charge on any atom is 0.313 e. The molecule has 0 radical (unpaired) electrons. The van der Waals surface area contributed by atoms with Crippen LogP contribution in [0.25, 0.3) is 0 Å². The first-order valence-corrected chi connectivity index (χ1v) is 7.09. The Bertz CT molecular complexity index is 397. The van der Waals surface area contributed by atoms with Crippen LogP contribution < -0.4 is 0 Å². The molecular formula is C4H3Cl6N3O2S. The van der Waals surface area contributed by atoms with Gasteiger partial charge in [-0.1, -0.05) is 69.6 Å². The summed E-state index contributed by atoms with van der Waals surface area (Å²) in [5, 5.41) is 0. The highest BCUT2D eigenvalue weighted by molar-refractivity contribution is 7.87. The van der Waals surface area contributed by atoms with Gasteiger partial charge in [-0.3, -0.25) is 4.99 Å². The summed E-state index contributed by atoms with van der Waals surface area (Å²) in [6, 6.07) is 0. The Morgan fingerprint density at radius 3 is 1.94 bits per heavy atom. The molecule has 5 nitrogen and oxygen atoms in total. The topological polar surface area (TPSA) is 53.0 Å². The predicted octanol–water partition coefficient (Wildman–Crippen LogP) is 2.49. The number of hydrogen-bond donors (Lipinski definition) is 0. The normalized spacial score (nSPS) is 22.5. The molecule has 0 aromatic carbocycles. The molecule has 0 aromatic heterocycles. The van der Waals surface area contributed by atoms with Gasteiger partial charge in [0, 0.05) is 0 Å². The Kier molecular flexibility index (Phi) is 4.42. The molecule has 0 bridgehead atoms. The van der Waals surface area contributed by atoms with Crippen LogP contribution in [-0.2, 0) is 10.2 Å². The van der Waals surface area contributed by atoms with Gasteiger partial charge in [0.1, 0.15) is 13.0 Å². The number of aliphatic imine (C=N–C) groups is 1. The van der Waals surface area contributed by atoms with Crippen molar-refractivity contribution in [1.29, 1.82) is 0 Å². The Hall–Kier alpha value is 1.12. The van der Waals surface area contributed by atoms with Crippen molar-refractivity contribution in [2.75, 3.05) is 6.67 Å². The zero-order valence-electron chi connectivity index (χ0n) is 7.12. The summed E-state index contributed by atoms with van der Waals surface area (Å²) in [6.45, 7) is -0.379. The summed E-state index contributed by atoms with van der Waals surface area (Å²) in [4.78, 5) is 3.61. The molecule has 1 aliphatic rings. The predicted molar refractivity (Wildman–Crippen MR) is 66.5 cm³/mol. The summed E-state index contributed by atoms with van der Waals surface area (Å²) >= 11 is 32.7. The molecule has 1 heterocycles. The molecule has 0 atom stereocenters. The molecule has 0 aliphatic carbocycles. The van der Waals surface area contributed by atoms with Crippen LogP contribution in [0, 0.1) is 0 Å². The van der Waals surface area contributed by atoms with Gasteiger partial charge in [-0.2, -0.15) is 12.7 Å². The van der Waals surface area contributed by atoms with Crippen molar-refractivity contribution in [3.8, 4) is 0 Å². The third kappa shape index (κ3) is 3.11. The lowest BCUT2D eigenvalue weighted by Crippen LogP contribution is -2.54. The molecule has 1 rings (SSSR count). The van der Waals surface area contributed by atoms with Gasteiger partial charge in [0.2, 0.25) is 0 Å². The van der Waals surface area contributed by atoms with Crippen LogP contribution in [0.5, 0.6) is 0 Å². The van der Waals surface area contributed by atoms with E-state index in [0.29, 0.717) is 8.61 Å².